The van der Waals surface area contributed by atoms with Crippen molar-refractivity contribution in [1.29, 1.82) is 0 Å². The fourth-order valence-corrected chi connectivity index (χ4v) is 5.22. The third-order valence-electron chi connectivity index (χ3n) is 4.51. The molecule has 0 aliphatic carbocycles. The van der Waals surface area contributed by atoms with Crippen molar-refractivity contribution in [3.63, 3.8) is 0 Å². The molecule has 21 heavy (non-hydrogen) atoms. The molecule has 1 aromatic rings. The zero-order valence-electron chi connectivity index (χ0n) is 12.2. The molecule has 0 aromatic carbocycles. The molecule has 5 nitrogen and oxygen atoms in total. The Hall–Kier alpha value is -0.980. The van der Waals surface area contributed by atoms with Gasteiger partial charge in [0.1, 0.15) is 0 Å². The predicted octanol–water partition coefficient (Wildman–Crippen LogP) is 1.17. The first-order valence-corrected chi connectivity index (χ1v) is 9.40. The molecule has 0 saturated carbocycles. The van der Waals surface area contributed by atoms with Crippen molar-refractivity contribution in [2.75, 3.05) is 18.8 Å². The number of hydrogen-bond donors (Lipinski definition) is 1. The average Bonchev–Trinajstić information content (AvgIpc) is 3.16. The fourth-order valence-electron chi connectivity index (χ4n) is 3.45. The smallest absolute Gasteiger partial charge is 0.214 e. The normalized spacial score (nSPS) is 27.2. The molecule has 2 fully saturated rings. The maximum absolute atomic E-state index is 12.6. The Morgan fingerprint density at radius 2 is 2.19 bits per heavy atom. The lowest BCUT2D eigenvalue weighted by molar-refractivity contribution is 0.322. The zero-order chi connectivity index (χ0) is 14.7. The molecule has 116 valence electrons. The van der Waals surface area contributed by atoms with Crippen LogP contribution in [0.15, 0.2) is 24.4 Å². The minimum Gasteiger partial charge on any atom is -0.312 e. The van der Waals surface area contributed by atoms with E-state index in [9.17, 15) is 8.42 Å². The molecule has 0 bridgehead atoms. The Labute approximate surface area is 126 Å². The molecule has 2 aliphatic rings. The molecule has 3 heterocycles. The first-order valence-electron chi connectivity index (χ1n) is 7.80. The summed E-state index contributed by atoms with van der Waals surface area (Å²) >= 11 is 0. The highest BCUT2D eigenvalue weighted by Gasteiger charge is 2.39. The van der Waals surface area contributed by atoms with Crippen LogP contribution < -0.4 is 5.32 Å². The van der Waals surface area contributed by atoms with Gasteiger partial charge in [-0.05, 0) is 44.4 Å². The topological polar surface area (TPSA) is 62.3 Å². The minimum atomic E-state index is -3.19. The maximum atomic E-state index is 12.6. The highest BCUT2D eigenvalue weighted by atomic mass is 32.2. The molecule has 6 heteroatoms. The number of pyridine rings is 1. The van der Waals surface area contributed by atoms with Crippen LogP contribution in [0.2, 0.25) is 0 Å². The van der Waals surface area contributed by atoms with Crippen molar-refractivity contribution in [3.8, 4) is 0 Å². The first kappa shape index (κ1) is 14.9. The van der Waals surface area contributed by atoms with E-state index >= 15 is 0 Å². The van der Waals surface area contributed by atoms with Crippen LogP contribution in [0.5, 0.6) is 0 Å². The Morgan fingerprint density at radius 1 is 1.29 bits per heavy atom. The number of aryl methyl sites for hydroxylation is 1. The summed E-state index contributed by atoms with van der Waals surface area (Å²) in [5.41, 5.74) is 0.843. The lowest BCUT2D eigenvalue weighted by atomic mass is 10.1. The van der Waals surface area contributed by atoms with Gasteiger partial charge in [0.25, 0.3) is 0 Å². The number of hydrogen-bond acceptors (Lipinski definition) is 4. The summed E-state index contributed by atoms with van der Waals surface area (Å²) in [4.78, 5) is 4.21. The number of rotatable bonds is 5. The third kappa shape index (κ3) is 3.44. The van der Waals surface area contributed by atoms with Crippen molar-refractivity contribution < 1.29 is 8.42 Å². The van der Waals surface area contributed by atoms with Gasteiger partial charge in [-0.15, -0.1) is 0 Å². The molecule has 3 rings (SSSR count). The lowest BCUT2D eigenvalue weighted by Gasteiger charge is -2.28. The maximum Gasteiger partial charge on any atom is 0.214 e. The van der Waals surface area contributed by atoms with Crippen molar-refractivity contribution in [1.82, 2.24) is 14.6 Å². The monoisotopic (exact) mass is 309 g/mol. The SMILES string of the molecule is O=S(=O)(CCc1ccccn1)N1CCCC1C1CCCN1. The van der Waals surface area contributed by atoms with Crippen molar-refractivity contribution in [3.05, 3.63) is 30.1 Å². The number of nitrogens with one attached hydrogen (secondary N) is 1. The minimum absolute atomic E-state index is 0.154. The van der Waals surface area contributed by atoms with Gasteiger partial charge in [-0.3, -0.25) is 4.98 Å². The van der Waals surface area contributed by atoms with E-state index in [1.165, 1.54) is 0 Å². The van der Waals surface area contributed by atoms with Gasteiger partial charge < -0.3 is 5.32 Å². The lowest BCUT2D eigenvalue weighted by Crippen LogP contribution is -2.47. The summed E-state index contributed by atoms with van der Waals surface area (Å²) in [6.07, 6.45) is 6.42. The molecule has 0 spiro atoms. The molecule has 2 atom stereocenters. The summed E-state index contributed by atoms with van der Waals surface area (Å²) in [6, 6.07) is 6.13. The molecule has 1 aromatic heterocycles. The molecule has 2 saturated heterocycles. The zero-order valence-corrected chi connectivity index (χ0v) is 13.1. The van der Waals surface area contributed by atoms with Crippen molar-refractivity contribution in [2.24, 2.45) is 0 Å². The van der Waals surface area contributed by atoms with Gasteiger partial charge in [-0.1, -0.05) is 6.07 Å². The van der Waals surface area contributed by atoms with Crippen LogP contribution in [0.3, 0.4) is 0 Å². The van der Waals surface area contributed by atoms with E-state index in [-0.39, 0.29) is 11.8 Å². The van der Waals surface area contributed by atoms with E-state index in [0.717, 1.165) is 37.9 Å². The van der Waals surface area contributed by atoms with Crippen LogP contribution in [0.25, 0.3) is 0 Å². The highest BCUT2D eigenvalue weighted by molar-refractivity contribution is 7.89. The number of sulfonamides is 1. The van der Waals surface area contributed by atoms with Crippen LogP contribution in [0, 0.1) is 0 Å². The van der Waals surface area contributed by atoms with E-state index < -0.39 is 10.0 Å². The summed E-state index contributed by atoms with van der Waals surface area (Å²) < 4.78 is 27.0. The molecule has 2 unspecified atom stereocenters. The predicted molar refractivity (Wildman–Crippen MR) is 82.5 cm³/mol. The van der Waals surface area contributed by atoms with Crippen LogP contribution in [0.1, 0.15) is 31.4 Å². The Morgan fingerprint density at radius 3 is 2.90 bits per heavy atom. The van der Waals surface area contributed by atoms with Gasteiger partial charge in [-0.25, -0.2) is 8.42 Å². The van der Waals surface area contributed by atoms with Gasteiger partial charge in [0.2, 0.25) is 10.0 Å². The van der Waals surface area contributed by atoms with Gasteiger partial charge in [-0.2, -0.15) is 4.31 Å². The van der Waals surface area contributed by atoms with E-state index in [1.54, 1.807) is 10.5 Å². The highest BCUT2D eigenvalue weighted by Crippen LogP contribution is 2.27. The van der Waals surface area contributed by atoms with Crippen molar-refractivity contribution in [2.45, 2.75) is 44.2 Å². The van der Waals surface area contributed by atoms with Gasteiger partial charge in [0.05, 0.1) is 5.75 Å². The molecular weight excluding hydrogens is 286 g/mol. The van der Waals surface area contributed by atoms with E-state index in [2.05, 4.69) is 10.3 Å². The Balaban J connectivity index is 1.65. The standard InChI is InChI=1S/C15H23N3O2S/c19-21(20,12-8-13-5-1-2-9-16-13)18-11-4-7-15(18)14-6-3-10-17-14/h1-2,5,9,14-15,17H,3-4,6-8,10-12H2. The second kappa shape index (κ2) is 6.42. The van der Waals surface area contributed by atoms with Gasteiger partial charge >= 0.3 is 0 Å². The molecule has 0 amide bonds. The van der Waals surface area contributed by atoms with Crippen molar-refractivity contribution >= 4 is 10.0 Å². The second-order valence-corrected chi connectivity index (χ2v) is 7.95. The fraction of sp³-hybridized carbons (Fsp3) is 0.667. The van der Waals surface area contributed by atoms with E-state index in [1.807, 2.05) is 18.2 Å². The summed E-state index contributed by atoms with van der Waals surface area (Å²) in [5.74, 6) is 0.160. The Kier molecular flexibility index (Phi) is 4.57. The molecular formula is C15H23N3O2S. The van der Waals surface area contributed by atoms with Crippen LogP contribution >= 0.6 is 0 Å². The van der Waals surface area contributed by atoms with Gasteiger partial charge in [0.15, 0.2) is 0 Å². The summed E-state index contributed by atoms with van der Waals surface area (Å²) in [7, 11) is -3.19. The second-order valence-electron chi connectivity index (χ2n) is 5.91. The Bertz CT molecular complexity index is 556. The summed E-state index contributed by atoms with van der Waals surface area (Å²) in [5, 5.41) is 3.46. The van der Waals surface area contributed by atoms with Crippen LogP contribution in [0.4, 0.5) is 0 Å². The van der Waals surface area contributed by atoms with Crippen LogP contribution in [-0.4, -0.2) is 48.6 Å². The van der Waals surface area contributed by atoms with Crippen LogP contribution in [-0.2, 0) is 16.4 Å². The number of aromatic nitrogens is 1. The molecule has 1 N–H and O–H groups in total. The summed E-state index contributed by atoms with van der Waals surface area (Å²) in [6.45, 7) is 1.69. The van der Waals surface area contributed by atoms with E-state index in [0.29, 0.717) is 19.0 Å². The third-order valence-corrected chi connectivity index (χ3v) is 6.40. The van der Waals surface area contributed by atoms with Gasteiger partial charge in [0, 0.05) is 36.9 Å². The quantitative estimate of drug-likeness (QED) is 0.887. The van der Waals surface area contributed by atoms with E-state index in [4.69, 9.17) is 0 Å². The largest absolute Gasteiger partial charge is 0.312 e. The molecule has 2 aliphatic heterocycles. The first-order chi connectivity index (χ1) is 10.2. The average molecular weight is 309 g/mol. The number of nitrogens with zero attached hydrogens (tertiary/aromatic N) is 2. The molecule has 0 radical (unpaired) electrons.